The van der Waals surface area contributed by atoms with Crippen LogP contribution in [0.2, 0.25) is 0 Å². The molecule has 3 atom stereocenters. The first-order valence-corrected chi connectivity index (χ1v) is 3.52. The Morgan fingerprint density at radius 2 is 1.91 bits per heavy atom. The number of hydrogen-bond donors (Lipinski definition) is 3. The topological polar surface area (TPSA) is 77.8 Å². The summed E-state index contributed by atoms with van der Waals surface area (Å²) >= 11 is 0. The molecule has 0 radical (unpaired) electrons. The SMILES string of the molecule is CC(CO)C(O)C(C)C(=O)O. The molecule has 11 heavy (non-hydrogen) atoms. The van der Waals surface area contributed by atoms with Crippen LogP contribution in [0.1, 0.15) is 13.8 Å². The molecule has 0 rings (SSSR count). The van der Waals surface area contributed by atoms with E-state index in [2.05, 4.69) is 0 Å². The zero-order chi connectivity index (χ0) is 9.02. The second-order valence-corrected chi connectivity index (χ2v) is 2.78. The van der Waals surface area contributed by atoms with E-state index in [-0.39, 0.29) is 12.5 Å². The van der Waals surface area contributed by atoms with Crippen molar-refractivity contribution in [3.63, 3.8) is 0 Å². The van der Waals surface area contributed by atoms with E-state index in [9.17, 15) is 9.90 Å². The van der Waals surface area contributed by atoms with Gasteiger partial charge in [0.1, 0.15) is 0 Å². The predicted molar refractivity (Wildman–Crippen MR) is 39.1 cm³/mol. The lowest BCUT2D eigenvalue weighted by Crippen LogP contribution is -2.32. The Hall–Kier alpha value is -0.610. The van der Waals surface area contributed by atoms with Crippen molar-refractivity contribution in [3.8, 4) is 0 Å². The van der Waals surface area contributed by atoms with Crippen LogP contribution in [0.4, 0.5) is 0 Å². The van der Waals surface area contributed by atoms with Crippen LogP contribution in [-0.4, -0.2) is 34.0 Å². The molecule has 3 unspecified atom stereocenters. The normalized spacial score (nSPS) is 18.9. The molecule has 0 aliphatic carbocycles. The zero-order valence-electron chi connectivity index (χ0n) is 6.69. The van der Waals surface area contributed by atoms with E-state index >= 15 is 0 Å². The maximum Gasteiger partial charge on any atom is 0.308 e. The highest BCUT2D eigenvalue weighted by Gasteiger charge is 2.25. The number of carboxylic acid groups (broad SMARTS) is 1. The lowest BCUT2D eigenvalue weighted by Gasteiger charge is -2.19. The van der Waals surface area contributed by atoms with Crippen molar-refractivity contribution in [2.45, 2.75) is 20.0 Å². The van der Waals surface area contributed by atoms with Gasteiger partial charge in [-0.2, -0.15) is 0 Å². The maximum absolute atomic E-state index is 10.3. The Morgan fingerprint density at radius 3 is 2.18 bits per heavy atom. The molecule has 66 valence electrons. The van der Waals surface area contributed by atoms with Gasteiger partial charge in [-0.3, -0.25) is 4.79 Å². The first kappa shape index (κ1) is 10.4. The third kappa shape index (κ3) is 2.86. The molecule has 0 bridgehead atoms. The lowest BCUT2D eigenvalue weighted by molar-refractivity contribution is -0.146. The van der Waals surface area contributed by atoms with E-state index in [0.717, 1.165) is 0 Å². The Morgan fingerprint density at radius 1 is 1.45 bits per heavy atom. The molecule has 0 aliphatic rings. The minimum Gasteiger partial charge on any atom is -0.481 e. The van der Waals surface area contributed by atoms with Gasteiger partial charge in [-0.1, -0.05) is 6.92 Å². The van der Waals surface area contributed by atoms with E-state index < -0.39 is 18.0 Å². The summed E-state index contributed by atoms with van der Waals surface area (Å²) in [4.78, 5) is 10.3. The van der Waals surface area contributed by atoms with Crippen LogP contribution in [-0.2, 0) is 4.79 Å². The van der Waals surface area contributed by atoms with Crippen molar-refractivity contribution in [2.75, 3.05) is 6.61 Å². The molecule has 0 saturated heterocycles. The van der Waals surface area contributed by atoms with E-state index in [4.69, 9.17) is 10.2 Å². The summed E-state index contributed by atoms with van der Waals surface area (Å²) in [6.45, 7) is 2.82. The number of aliphatic hydroxyl groups excluding tert-OH is 2. The summed E-state index contributed by atoms with van der Waals surface area (Å²) < 4.78 is 0. The van der Waals surface area contributed by atoms with Gasteiger partial charge in [0, 0.05) is 12.5 Å². The van der Waals surface area contributed by atoms with E-state index in [1.807, 2.05) is 0 Å². The highest BCUT2D eigenvalue weighted by molar-refractivity contribution is 5.70. The predicted octanol–water partition coefficient (Wildman–Crippen LogP) is -0.304. The van der Waals surface area contributed by atoms with Gasteiger partial charge in [0.25, 0.3) is 0 Å². The van der Waals surface area contributed by atoms with Crippen LogP contribution in [0, 0.1) is 11.8 Å². The third-order valence-electron chi connectivity index (χ3n) is 1.77. The fourth-order valence-electron chi connectivity index (χ4n) is 0.747. The Bertz CT molecular complexity index is 134. The third-order valence-corrected chi connectivity index (χ3v) is 1.77. The molecule has 0 aromatic heterocycles. The molecule has 0 amide bonds. The van der Waals surface area contributed by atoms with Gasteiger partial charge in [0.2, 0.25) is 0 Å². The van der Waals surface area contributed by atoms with E-state index in [0.29, 0.717) is 0 Å². The fourth-order valence-corrected chi connectivity index (χ4v) is 0.747. The molecular weight excluding hydrogens is 148 g/mol. The number of carbonyl (C=O) groups is 1. The maximum atomic E-state index is 10.3. The molecule has 4 heteroatoms. The summed E-state index contributed by atoms with van der Waals surface area (Å²) in [6, 6.07) is 0. The molecule has 0 aromatic rings. The molecule has 0 saturated carbocycles. The van der Waals surface area contributed by atoms with Gasteiger partial charge in [0.15, 0.2) is 0 Å². The molecular formula is C7H14O4. The van der Waals surface area contributed by atoms with Crippen molar-refractivity contribution in [1.29, 1.82) is 0 Å². The summed E-state index contributed by atoms with van der Waals surface area (Å²) in [6.07, 6.45) is -0.975. The molecule has 3 N–H and O–H groups in total. The summed E-state index contributed by atoms with van der Waals surface area (Å²) in [5.74, 6) is -2.25. The van der Waals surface area contributed by atoms with Crippen LogP contribution < -0.4 is 0 Å². The van der Waals surface area contributed by atoms with Crippen molar-refractivity contribution in [1.82, 2.24) is 0 Å². The monoisotopic (exact) mass is 162 g/mol. The standard InChI is InChI=1S/C7H14O4/c1-4(3-8)6(9)5(2)7(10)11/h4-6,8-9H,3H2,1-2H3,(H,10,11). The number of carboxylic acids is 1. The zero-order valence-corrected chi connectivity index (χ0v) is 6.69. The second-order valence-electron chi connectivity index (χ2n) is 2.78. The number of rotatable bonds is 4. The highest BCUT2D eigenvalue weighted by atomic mass is 16.4. The Balaban J connectivity index is 4.00. The van der Waals surface area contributed by atoms with Gasteiger partial charge in [-0.05, 0) is 6.92 Å². The highest BCUT2D eigenvalue weighted by Crippen LogP contribution is 2.12. The minimum absolute atomic E-state index is 0.196. The van der Waals surface area contributed by atoms with Gasteiger partial charge < -0.3 is 15.3 Å². The van der Waals surface area contributed by atoms with Gasteiger partial charge >= 0.3 is 5.97 Å². The van der Waals surface area contributed by atoms with Crippen LogP contribution in [0.15, 0.2) is 0 Å². The lowest BCUT2D eigenvalue weighted by atomic mass is 9.94. The molecule has 0 aliphatic heterocycles. The summed E-state index contributed by atoms with van der Waals surface area (Å²) in [5, 5.41) is 26.3. The minimum atomic E-state index is -1.04. The largest absolute Gasteiger partial charge is 0.481 e. The fraction of sp³-hybridized carbons (Fsp3) is 0.857. The van der Waals surface area contributed by atoms with Gasteiger partial charge in [0.05, 0.1) is 12.0 Å². The average Bonchev–Trinajstić information content (AvgIpc) is 2.00. The number of hydrogen-bond acceptors (Lipinski definition) is 3. The molecule has 0 spiro atoms. The van der Waals surface area contributed by atoms with Gasteiger partial charge in [-0.25, -0.2) is 0 Å². The smallest absolute Gasteiger partial charge is 0.308 e. The Labute approximate surface area is 65.5 Å². The summed E-state index contributed by atoms with van der Waals surface area (Å²) in [7, 11) is 0. The van der Waals surface area contributed by atoms with Crippen LogP contribution in [0.5, 0.6) is 0 Å². The van der Waals surface area contributed by atoms with Crippen molar-refractivity contribution >= 4 is 5.97 Å². The van der Waals surface area contributed by atoms with Crippen molar-refractivity contribution in [2.24, 2.45) is 11.8 Å². The molecule has 4 nitrogen and oxygen atoms in total. The molecule has 0 aromatic carbocycles. The Kier molecular flexibility index (Phi) is 4.07. The summed E-state index contributed by atoms with van der Waals surface area (Å²) in [5.41, 5.74) is 0. The van der Waals surface area contributed by atoms with E-state index in [1.165, 1.54) is 6.92 Å². The second kappa shape index (κ2) is 4.31. The average molecular weight is 162 g/mol. The quantitative estimate of drug-likeness (QED) is 0.530. The van der Waals surface area contributed by atoms with Crippen molar-refractivity contribution < 1.29 is 20.1 Å². The molecule has 0 heterocycles. The number of aliphatic carboxylic acids is 1. The molecule has 0 fully saturated rings. The number of aliphatic hydroxyl groups is 2. The van der Waals surface area contributed by atoms with Crippen LogP contribution >= 0.6 is 0 Å². The van der Waals surface area contributed by atoms with Gasteiger partial charge in [-0.15, -0.1) is 0 Å². The van der Waals surface area contributed by atoms with Crippen LogP contribution in [0.25, 0.3) is 0 Å². The first-order valence-electron chi connectivity index (χ1n) is 3.52. The van der Waals surface area contributed by atoms with E-state index in [1.54, 1.807) is 6.92 Å². The first-order chi connectivity index (χ1) is 5.00. The van der Waals surface area contributed by atoms with Crippen molar-refractivity contribution in [3.05, 3.63) is 0 Å². The van der Waals surface area contributed by atoms with Crippen LogP contribution in [0.3, 0.4) is 0 Å².